The number of likely N-dealkylation sites (tertiary alicyclic amines) is 2. The Morgan fingerprint density at radius 3 is 2.36 bits per heavy atom. The molecular formula is C28H33N3O5+. The van der Waals surface area contributed by atoms with Gasteiger partial charge in [-0.05, 0) is 24.0 Å². The van der Waals surface area contributed by atoms with Crippen molar-refractivity contribution in [3.63, 3.8) is 0 Å². The number of aldehydes is 1. The number of hydrogen-bond acceptors (Lipinski definition) is 5. The van der Waals surface area contributed by atoms with Crippen LogP contribution in [0.5, 0.6) is 0 Å². The Kier molecular flexibility index (Phi) is 8.48. The number of carbonyl (C=O) groups is 4. The first-order valence-corrected chi connectivity index (χ1v) is 12.5. The van der Waals surface area contributed by atoms with E-state index in [-0.39, 0.29) is 18.4 Å². The lowest BCUT2D eigenvalue weighted by molar-refractivity contribution is -0.144. The predicted octanol–water partition coefficient (Wildman–Crippen LogP) is 2.89. The molecule has 0 aromatic heterocycles. The van der Waals surface area contributed by atoms with Gasteiger partial charge in [0.2, 0.25) is 5.91 Å². The summed E-state index contributed by atoms with van der Waals surface area (Å²) in [5.41, 5.74) is 1.76. The Labute approximate surface area is 211 Å². The molecule has 0 N–H and O–H groups in total. The number of nitrogens with zero attached hydrogens (tertiary/aromatic N) is 3. The van der Waals surface area contributed by atoms with Gasteiger partial charge >= 0.3 is 12.0 Å². The van der Waals surface area contributed by atoms with Crippen LogP contribution in [-0.2, 0) is 32.1 Å². The minimum absolute atomic E-state index is 0.100. The number of benzene rings is 2. The van der Waals surface area contributed by atoms with Crippen LogP contribution in [0.15, 0.2) is 60.7 Å². The van der Waals surface area contributed by atoms with E-state index in [9.17, 15) is 19.2 Å². The van der Waals surface area contributed by atoms with Gasteiger partial charge in [-0.25, -0.2) is 9.59 Å². The molecule has 0 unspecified atom stereocenters. The zero-order valence-electron chi connectivity index (χ0n) is 20.6. The minimum Gasteiger partial charge on any atom is -0.445 e. The molecule has 36 heavy (non-hydrogen) atoms. The molecule has 2 aromatic rings. The van der Waals surface area contributed by atoms with Crippen molar-refractivity contribution < 1.29 is 23.9 Å². The Balaban J connectivity index is 1.52. The van der Waals surface area contributed by atoms with Crippen LogP contribution >= 0.6 is 0 Å². The van der Waals surface area contributed by atoms with Crippen molar-refractivity contribution in [3.8, 4) is 0 Å². The molecule has 189 valence electrons. The standard InChI is InChI=1S/C28H33N3O5/c1-29(28(35)36-20-22-12-6-3-7-13-22)25(18-21-10-4-2-5-11-21)27(34)31-17-9-15-24(31)26(33)30-16-8-14-23(30)19-32/h2-7,10-13,19,23-25H,8-9,14-18,20H2,1H3/q+1/t23-,24-,25+/m0/s1. The summed E-state index contributed by atoms with van der Waals surface area (Å²) >= 11 is 0. The highest BCUT2D eigenvalue weighted by Crippen LogP contribution is 2.25. The summed E-state index contributed by atoms with van der Waals surface area (Å²) in [5, 5.41) is 0. The summed E-state index contributed by atoms with van der Waals surface area (Å²) < 4.78 is 5.51. The van der Waals surface area contributed by atoms with Gasteiger partial charge in [0, 0.05) is 32.9 Å². The third kappa shape index (κ3) is 5.82. The van der Waals surface area contributed by atoms with Crippen LogP contribution in [0.25, 0.3) is 0 Å². The van der Waals surface area contributed by atoms with Crippen LogP contribution in [0.2, 0.25) is 0 Å². The average Bonchev–Trinajstić information content (AvgIpc) is 3.60. The second-order valence-corrected chi connectivity index (χ2v) is 9.42. The number of ether oxygens (including phenoxy) is 1. The van der Waals surface area contributed by atoms with E-state index >= 15 is 0 Å². The molecule has 1 radical (unpaired) electrons. The van der Waals surface area contributed by atoms with Crippen LogP contribution in [0.1, 0.15) is 36.8 Å². The molecule has 2 aliphatic rings. The van der Waals surface area contributed by atoms with Gasteiger partial charge in [-0.2, -0.15) is 0 Å². The van der Waals surface area contributed by atoms with E-state index in [0.29, 0.717) is 38.8 Å². The molecule has 2 saturated heterocycles. The molecular weight excluding hydrogens is 458 g/mol. The fourth-order valence-corrected chi connectivity index (χ4v) is 5.05. The van der Waals surface area contributed by atoms with E-state index in [1.165, 1.54) is 4.90 Å². The molecule has 0 aliphatic carbocycles. The maximum atomic E-state index is 13.9. The third-order valence-corrected chi connectivity index (χ3v) is 7.08. The van der Waals surface area contributed by atoms with Gasteiger partial charge < -0.3 is 9.64 Å². The van der Waals surface area contributed by atoms with Crippen molar-refractivity contribution in [1.29, 1.82) is 0 Å². The number of hydrogen-bond donors (Lipinski definition) is 0. The van der Waals surface area contributed by atoms with Gasteiger partial charge in [-0.15, -0.1) is 0 Å². The summed E-state index contributed by atoms with van der Waals surface area (Å²) in [7, 11) is 1.56. The number of carbonyl (C=O) groups excluding carboxylic acids is 4. The number of amides is 3. The molecule has 3 amide bonds. The van der Waals surface area contributed by atoms with E-state index in [1.807, 2.05) is 60.7 Å². The van der Waals surface area contributed by atoms with Crippen LogP contribution in [-0.4, -0.2) is 72.3 Å². The van der Waals surface area contributed by atoms with Crippen molar-refractivity contribution in [1.82, 2.24) is 14.7 Å². The Morgan fingerprint density at radius 1 is 1.03 bits per heavy atom. The maximum Gasteiger partial charge on any atom is 0.410 e. The quantitative estimate of drug-likeness (QED) is 0.418. The molecule has 2 aliphatic heterocycles. The van der Waals surface area contributed by atoms with Gasteiger partial charge in [0.15, 0.2) is 18.4 Å². The lowest BCUT2D eigenvalue weighted by atomic mass is 10.0. The monoisotopic (exact) mass is 491 g/mol. The molecule has 4 rings (SSSR count). The van der Waals surface area contributed by atoms with E-state index in [0.717, 1.165) is 23.8 Å². The van der Waals surface area contributed by atoms with Crippen molar-refractivity contribution in [2.45, 2.75) is 56.8 Å². The second-order valence-electron chi connectivity index (χ2n) is 9.42. The lowest BCUT2D eigenvalue weighted by Gasteiger charge is -2.32. The Bertz CT molecular complexity index is 1060. The fourth-order valence-electron chi connectivity index (χ4n) is 5.05. The molecule has 8 nitrogen and oxygen atoms in total. The zero-order valence-corrected chi connectivity index (χ0v) is 20.6. The molecule has 0 spiro atoms. The van der Waals surface area contributed by atoms with Crippen molar-refractivity contribution in [2.24, 2.45) is 0 Å². The summed E-state index contributed by atoms with van der Waals surface area (Å²) in [6, 6.07) is 17.0. The Hall–Kier alpha value is -3.52. The third-order valence-electron chi connectivity index (χ3n) is 7.08. The molecule has 3 atom stereocenters. The summed E-state index contributed by atoms with van der Waals surface area (Å²) in [4.78, 5) is 56.2. The highest BCUT2D eigenvalue weighted by atomic mass is 16.6. The van der Waals surface area contributed by atoms with Gasteiger partial charge in [-0.3, -0.25) is 14.5 Å². The highest BCUT2D eigenvalue weighted by Gasteiger charge is 2.49. The first-order chi connectivity index (χ1) is 17.5. The van der Waals surface area contributed by atoms with E-state index in [2.05, 4.69) is 0 Å². The first-order valence-electron chi connectivity index (χ1n) is 12.5. The molecule has 0 bridgehead atoms. The fraction of sp³-hybridized carbons (Fsp3) is 0.429. The number of likely N-dealkylation sites (N-methyl/N-ethyl adjacent to an activating group) is 1. The van der Waals surface area contributed by atoms with E-state index < -0.39 is 24.2 Å². The predicted molar refractivity (Wildman–Crippen MR) is 134 cm³/mol. The Morgan fingerprint density at radius 2 is 1.69 bits per heavy atom. The summed E-state index contributed by atoms with van der Waals surface area (Å²) in [5.74, 6) is -0.459. The van der Waals surface area contributed by atoms with Crippen molar-refractivity contribution in [2.75, 3.05) is 20.1 Å². The van der Waals surface area contributed by atoms with Crippen LogP contribution < -0.4 is 4.90 Å². The largest absolute Gasteiger partial charge is 0.445 e. The normalized spacial score (nSPS) is 20.6. The van der Waals surface area contributed by atoms with Gasteiger partial charge in [0.1, 0.15) is 19.2 Å². The van der Waals surface area contributed by atoms with E-state index in [4.69, 9.17) is 4.74 Å². The van der Waals surface area contributed by atoms with Crippen LogP contribution in [0, 0.1) is 0 Å². The van der Waals surface area contributed by atoms with Crippen LogP contribution in [0.4, 0.5) is 4.79 Å². The van der Waals surface area contributed by atoms with Gasteiger partial charge in [0.25, 0.3) is 0 Å². The lowest BCUT2D eigenvalue weighted by Crippen LogP contribution is -2.57. The van der Waals surface area contributed by atoms with Gasteiger partial charge in [0.05, 0.1) is 0 Å². The van der Waals surface area contributed by atoms with Crippen LogP contribution in [0.3, 0.4) is 0 Å². The zero-order chi connectivity index (χ0) is 25.5. The molecule has 2 fully saturated rings. The highest BCUT2D eigenvalue weighted by molar-refractivity contribution is 5.94. The summed E-state index contributed by atoms with van der Waals surface area (Å²) in [6.45, 7) is 1.07. The van der Waals surface area contributed by atoms with Crippen molar-refractivity contribution in [3.05, 3.63) is 71.8 Å². The van der Waals surface area contributed by atoms with E-state index in [1.54, 1.807) is 16.8 Å². The molecule has 8 heteroatoms. The van der Waals surface area contributed by atoms with Crippen molar-refractivity contribution >= 4 is 24.2 Å². The smallest absolute Gasteiger partial charge is 0.410 e. The average molecular weight is 492 g/mol. The second kappa shape index (κ2) is 11.9. The number of rotatable bonds is 8. The maximum absolute atomic E-state index is 13.9. The molecule has 2 aromatic carbocycles. The minimum atomic E-state index is -0.829. The SMILES string of the molecule is CN(C(=O)OCc1ccccc1)[C@H](Cc1ccccc1)C(=O)N1CCC[C@H]1C(=O)[N+]1CCC[C@H]1C=O. The molecule has 0 saturated carbocycles. The molecule has 2 heterocycles. The van der Waals surface area contributed by atoms with Gasteiger partial charge in [-0.1, -0.05) is 65.6 Å². The first kappa shape index (κ1) is 25.6. The summed E-state index contributed by atoms with van der Waals surface area (Å²) in [6.07, 6.45) is 3.20. The topological polar surface area (TPSA) is 89.9 Å².